The van der Waals surface area contributed by atoms with Gasteiger partial charge in [-0.05, 0) is 25.7 Å². The standard InChI is InChI=1S/C18H32O7/c1-11(2)8-22-17(5)18(6,23-9-12(3)4)25-15-14(24-17)13(19)10-21-16(15)20-7/h11-12,14-16H,8-10H2,1-7H3/t14-,15+,16-,17+,18+/m0/s1. The summed E-state index contributed by atoms with van der Waals surface area (Å²) >= 11 is 0. The van der Waals surface area contributed by atoms with Gasteiger partial charge in [0, 0.05) is 7.11 Å². The van der Waals surface area contributed by atoms with Crippen molar-refractivity contribution >= 4 is 5.78 Å². The molecule has 0 aliphatic carbocycles. The van der Waals surface area contributed by atoms with E-state index in [0.29, 0.717) is 25.0 Å². The molecule has 2 rings (SSSR count). The molecule has 0 aromatic heterocycles. The number of ketones is 1. The van der Waals surface area contributed by atoms with E-state index in [-0.39, 0.29) is 12.4 Å². The fourth-order valence-corrected chi connectivity index (χ4v) is 2.82. The number of rotatable bonds is 7. The first-order valence-corrected chi connectivity index (χ1v) is 8.92. The number of carbonyl (C=O) groups excluding carboxylic acids is 1. The quantitative estimate of drug-likeness (QED) is 0.688. The van der Waals surface area contributed by atoms with Crippen LogP contribution in [0, 0.1) is 11.8 Å². The third-order valence-electron chi connectivity index (χ3n) is 4.43. The van der Waals surface area contributed by atoms with Crippen LogP contribution in [0.5, 0.6) is 0 Å². The average Bonchev–Trinajstić information content (AvgIpc) is 2.54. The third kappa shape index (κ3) is 4.40. The molecule has 0 aromatic carbocycles. The Morgan fingerprint density at radius 1 is 1.04 bits per heavy atom. The van der Waals surface area contributed by atoms with Gasteiger partial charge in [-0.3, -0.25) is 4.79 Å². The maximum absolute atomic E-state index is 12.3. The summed E-state index contributed by atoms with van der Waals surface area (Å²) in [6, 6.07) is 0. The van der Waals surface area contributed by atoms with Crippen molar-refractivity contribution in [3.63, 3.8) is 0 Å². The van der Waals surface area contributed by atoms with Crippen molar-refractivity contribution in [3.8, 4) is 0 Å². The Balaban J connectivity index is 2.29. The highest BCUT2D eigenvalue weighted by Gasteiger charge is 2.61. The predicted molar refractivity (Wildman–Crippen MR) is 89.9 cm³/mol. The molecular formula is C18H32O7. The van der Waals surface area contributed by atoms with Crippen LogP contribution in [0.2, 0.25) is 0 Å². The zero-order chi connectivity index (χ0) is 18.8. The van der Waals surface area contributed by atoms with Crippen LogP contribution in [-0.4, -0.2) is 62.8 Å². The van der Waals surface area contributed by atoms with Gasteiger partial charge in [-0.1, -0.05) is 27.7 Å². The van der Waals surface area contributed by atoms with Gasteiger partial charge in [0.2, 0.25) is 11.6 Å². The lowest BCUT2D eigenvalue weighted by Gasteiger charge is -2.54. The minimum atomic E-state index is -1.22. The Hall–Kier alpha value is -0.570. The summed E-state index contributed by atoms with van der Waals surface area (Å²) in [6.45, 7) is 12.6. The van der Waals surface area contributed by atoms with E-state index in [2.05, 4.69) is 0 Å². The third-order valence-corrected chi connectivity index (χ3v) is 4.43. The molecule has 2 fully saturated rings. The average molecular weight is 360 g/mol. The van der Waals surface area contributed by atoms with Crippen molar-refractivity contribution in [3.05, 3.63) is 0 Å². The second-order valence-corrected chi connectivity index (χ2v) is 7.80. The first-order valence-electron chi connectivity index (χ1n) is 8.92. The van der Waals surface area contributed by atoms with Gasteiger partial charge in [0.15, 0.2) is 18.2 Å². The Morgan fingerprint density at radius 3 is 2.04 bits per heavy atom. The predicted octanol–water partition coefficient (Wildman–Crippen LogP) is 2.12. The lowest BCUT2D eigenvalue weighted by Crippen LogP contribution is -2.71. The van der Waals surface area contributed by atoms with Crippen molar-refractivity contribution < 1.29 is 33.2 Å². The molecule has 0 N–H and O–H groups in total. The minimum absolute atomic E-state index is 0.0765. The molecule has 7 nitrogen and oxygen atoms in total. The Labute approximate surface area is 150 Å². The minimum Gasteiger partial charge on any atom is -0.353 e. The molecule has 25 heavy (non-hydrogen) atoms. The normalized spacial score (nSPS) is 39.1. The zero-order valence-electron chi connectivity index (χ0n) is 16.4. The van der Waals surface area contributed by atoms with Gasteiger partial charge in [-0.25, -0.2) is 0 Å². The Bertz CT molecular complexity index is 466. The van der Waals surface area contributed by atoms with Crippen LogP contribution in [0.1, 0.15) is 41.5 Å². The summed E-state index contributed by atoms with van der Waals surface area (Å²) in [6.07, 6.45) is -2.22. The van der Waals surface area contributed by atoms with Crippen molar-refractivity contribution in [2.75, 3.05) is 26.9 Å². The molecule has 146 valence electrons. The van der Waals surface area contributed by atoms with E-state index in [4.69, 9.17) is 28.4 Å². The van der Waals surface area contributed by atoms with E-state index >= 15 is 0 Å². The van der Waals surface area contributed by atoms with Crippen LogP contribution in [0.3, 0.4) is 0 Å². The summed E-state index contributed by atoms with van der Waals surface area (Å²) in [5.74, 6) is -2.02. The summed E-state index contributed by atoms with van der Waals surface area (Å²) in [4.78, 5) is 12.3. The van der Waals surface area contributed by atoms with Gasteiger partial charge in [0.1, 0.15) is 12.7 Å². The molecule has 0 unspecified atom stereocenters. The lowest BCUT2D eigenvalue weighted by molar-refractivity contribution is -0.470. The molecule has 5 atom stereocenters. The van der Waals surface area contributed by atoms with Crippen LogP contribution >= 0.6 is 0 Å². The molecule has 0 radical (unpaired) electrons. The van der Waals surface area contributed by atoms with Gasteiger partial charge in [0.05, 0.1) is 13.2 Å². The van der Waals surface area contributed by atoms with E-state index in [9.17, 15) is 4.79 Å². The van der Waals surface area contributed by atoms with Crippen LogP contribution in [0.4, 0.5) is 0 Å². The zero-order valence-corrected chi connectivity index (χ0v) is 16.4. The maximum Gasteiger partial charge on any atom is 0.221 e. The molecule has 2 saturated heterocycles. The smallest absolute Gasteiger partial charge is 0.221 e. The van der Waals surface area contributed by atoms with Crippen LogP contribution in [0.15, 0.2) is 0 Å². The summed E-state index contributed by atoms with van der Waals surface area (Å²) < 4.78 is 35.2. The first-order chi connectivity index (χ1) is 11.6. The number of carbonyl (C=O) groups is 1. The van der Waals surface area contributed by atoms with Gasteiger partial charge in [-0.15, -0.1) is 0 Å². The molecular weight excluding hydrogens is 328 g/mol. The molecule has 0 saturated carbocycles. The second kappa shape index (κ2) is 7.98. The lowest BCUT2D eigenvalue weighted by atomic mass is 9.99. The highest BCUT2D eigenvalue weighted by atomic mass is 16.8. The molecule has 0 bridgehead atoms. The van der Waals surface area contributed by atoms with Crippen molar-refractivity contribution in [2.45, 2.75) is 71.6 Å². The topological polar surface area (TPSA) is 72.5 Å². The van der Waals surface area contributed by atoms with Crippen LogP contribution in [-0.2, 0) is 33.2 Å². The van der Waals surface area contributed by atoms with Crippen molar-refractivity contribution in [1.29, 1.82) is 0 Å². The first kappa shape index (κ1) is 20.7. The van der Waals surface area contributed by atoms with E-state index in [1.807, 2.05) is 27.7 Å². The number of hydrogen-bond acceptors (Lipinski definition) is 7. The summed E-state index contributed by atoms with van der Waals surface area (Å²) in [5, 5.41) is 0. The molecule has 2 aliphatic heterocycles. The fraction of sp³-hybridized carbons (Fsp3) is 0.944. The van der Waals surface area contributed by atoms with Gasteiger partial charge in [-0.2, -0.15) is 0 Å². The van der Waals surface area contributed by atoms with Crippen LogP contribution in [0.25, 0.3) is 0 Å². The Kier molecular flexibility index (Phi) is 6.62. The van der Waals surface area contributed by atoms with Crippen LogP contribution < -0.4 is 0 Å². The molecule has 2 aliphatic rings. The molecule has 2 heterocycles. The van der Waals surface area contributed by atoms with Crippen molar-refractivity contribution in [1.82, 2.24) is 0 Å². The highest BCUT2D eigenvalue weighted by Crippen LogP contribution is 2.43. The van der Waals surface area contributed by atoms with Gasteiger partial charge in [0.25, 0.3) is 0 Å². The number of ether oxygens (including phenoxy) is 6. The van der Waals surface area contributed by atoms with E-state index in [0.717, 1.165) is 0 Å². The summed E-state index contributed by atoms with van der Waals surface area (Å²) in [7, 11) is 1.51. The Morgan fingerprint density at radius 2 is 1.56 bits per heavy atom. The fourth-order valence-electron chi connectivity index (χ4n) is 2.82. The van der Waals surface area contributed by atoms with E-state index in [1.165, 1.54) is 7.11 Å². The monoisotopic (exact) mass is 360 g/mol. The number of hydrogen-bond donors (Lipinski definition) is 0. The van der Waals surface area contributed by atoms with E-state index in [1.54, 1.807) is 13.8 Å². The number of fused-ring (bicyclic) bond motifs is 1. The maximum atomic E-state index is 12.3. The van der Waals surface area contributed by atoms with E-state index < -0.39 is 30.1 Å². The summed E-state index contributed by atoms with van der Waals surface area (Å²) in [5.41, 5.74) is 0. The largest absolute Gasteiger partial charge is 0.353 e. The molecule has 0 amide bonds. The molecule has 7 heteroatoms. The number of methoxy groups -OCH3 is 1. The second-order valence-electron chi connectivity index (χ2n) is 7.80. The molecule has 0 aromatic rings. The SMILES string of the molecule is CO[C@H]1OCC(=O)[C@@H]2O[C@@](C)(OCC(C)C)[C@](C)(OCC(C)C)O[C@@H]12. The van der Waals surface area contributed by atoms with Gasteiger partial charge >= 0.3 is 0 Å². The highest BCUT2D eigenvalue weighted by molar-refractivity contribution is 5.85. The molecule has 0 spiro atoms. The van der Waals surface area contributed by atoms with Gasteiger partial charge < -0.3 is 28.4 Å². The van der Waals surface area contributed by atoms with Crippen molar-refractivity contribution in [2.24, 2.45) is 11.8 Å². The number of Topliss-reactive ketones (excluding diaryl/α,β-unsaturated/α-hetero) is 1.